The third-order valence-corrected chi connectivity index (χ3v) is 3.92. The monoisotopic (exact) mass is 314 g/mol. The molecule has 0 bridgehead atoms. The van der Waals surface area contributed by atoms with E-state index in [2.05, 4.69) is 37.0 Å². The molecule has 0 aromatic heterocycles. The summed E-state index contributed by atoms with van der Waals surface area (Å²) < 4.78 is 5.07. The first-order valence-corrected chi connectivity index (χ1v) is 8.14. The Morgan fingerprint density at radius 3 is 2.96 bits per heavy atom. The Morgan fingerprint density at radius 1 is 1.43 bits per heavy atom. The van der Waals surface area contributed by atoms with Gasteiger partial charge in [0.05, 0.1) is 0 Å². The maximum Gasteiger partial charge on any atom is 0.410 e. The molecule has 1 amide bonds. The van der Waals surface area contributed by atoms with Crippen LogP contribution in [-0.4, -0.2) is 43.8 Å². The highest BCUT2D eigenvalue weighted by atomic mass is 16.6. The van der Waals surface area contributed by atoms with Gasteiger partial charge in [0.25, 0.3) is 0 Å². The highest BCUT2D eigenvalue weighted by Crippen LogP contribution is 2.16. The summed E-state index contributed by atoms with van der Waals surface area (Å²) in [6, 6.07) is 10.3. The third-order valence-electron chi connectivity index (χ3n) is 3.92. The number of benzene rings is 1. The predicted molar refractivity (Wildman–Crippen MR) is 94.2 cm³/mol. The van der Waals surface area contributed by atoms with Gasteiger partial charge in [-0.3, -0.25) is 0 Å². The van der Waals surface area contributed by atoms with E-state index in [1.54, 1.807) is 11.0 Å². The Morgan fingerprint density at radius 2 is 2.22 bits per heavy atom. The van der Waals surface area contributed by atoms with Crippen molar-refractivity contribution in [2.24, 2.45) is 5.92 Å². The molecule has 4 nitrogen and oxygen atoms in total. The van der Waals surface area contributed by atoms with Crippen molar-refractivity contribution < 1.29 is 9.53 Å². The van der Waals surface area contributed by atoms with Gasteiger partial charge in [0, 0.05) is 26.2 Å². The molecule has 0 aliphatic carbocycles. The SMILES string of the molecule is C=CCOC(=O)N1CCC(CNCC(C)=Cc2ccccc2)C1. The predicted octanol–water partition coefficient (Wildman–Crippen LogP) is 3.32. The molecule has 0 radical (unpaired) electrons. The Bertz CT molecular complexity index is 540. The van der Waals surface area contributed by atoms with Gasteiger partial charge in [-0.25, -0.2) is 4.79 Å². The van der Waals surface area contributed by atoms with Crippen LogP contribution in [0.25, 0.3) is 6.08 Å². The zero-order chi connectivity index (χ0) is 16.5. The molecule has 1 atom stereocenters. The van der Waals surface area contributed by atoms with Crippen LogP contribution in [0.15, 0.2) is 48.6 Å². The zero-order valence-corrected chi connectivity index (χ0v) is 13.8. The number of nitrogens with one attached hydrogen (secondary N) is 1. The van der Waals surface area contributed by atoms with Crippen molar-refractivity contribution in [3.63, 3.8) is 0 Å². The number of hydrogen-bond donors (Lipinski definition) is 1. The molecule has 0 saturated carbocycles. The van der Waals surface area contributed by atoms with Crippen LogP contribution in [0.3, 0.4) is 0 Å². The highest BCUT2D eigenvalue weighted by molar-refractivity contribution is 5.68. The summed E-state index contributed by atoms with van der Waals surface area (Å²) in [6.45, 7) is 9.30. The topological polar surface area (TPSA) is 41.6 Å². The number of ether oxygens (including phenoxy) is 1. The molecule has 1 N–H and O–H groups in total. The molecular formula is C19H26N2O2. The molecule has 1 aliphatic heterocycles. The summed E-state index contributed by atoms with van der Waals surface area (Å²) >= 11 is 0. The molecule has 4 heteroatoms. The van der Waals surface area contributed by atoms with E-state index >= 15 is 0 Å². The molecule has 1 unspecified atom stereocenters. The molecule has 0 spiro atoms. The first-order valence-electron chi connectivity index (χ1n) is 8.14. The Labute approximate surface area is 138 Å². The molecule has 1 aromatic carbocycles. The summed E-state index contributed by atoms with van der Waals surface area (Å²) in [5.74, 6) is 0.496. The van der Waals surface area contributed by atoms with Crippen LogP contribution in [-0.2, 0) is 4.74 Å². The number of likely N-dealkylation sites (tertiary alicyclic amines) is 1. The number of amides is 1. The van der Waals surface area contributed by atoms with Crippen LogP contribution >= 0.6 is 0 Å². The first kappa shape index (κ1) is 17.3. The molecule has 2 rings (SSSR count). The van der Waals surface area contributed by atoms with Gasteiger partial charge >= 0.3 is 6.09 Å². The minimum Gasteiger partial charge on any atom is -0.445 e. The van der Waals surface area contributed by atoms with Crippen molar-refractivity contribution in [2.75, 3.05) is 32.8 Å². The van der Waals surface area contributed by atoms with Gasteiger partial charge in [-0.05, 0) is 24.8 Å². The summed E-state index contributed by atoms with van der Waals surface area (Å²) in [4.78, 5) is 13.5. The summed E-state index contributed by atoms with van der Waals surface area (Å²) in [5, 5.41) is 3.49. The van der Waals surface area contributed by atoms with Gasteiger partial charge in [-0.2, -0.15) is 0 Å². The van der Waals surface area contributed by atoms with Crippen LogP contribution in [0.5, 0.6) is 0 Å². The molecule has 124 valence electrons. The molecule has 1 aliphatic rings. The number of carbonyl (C=O) groups excluding carboxylic acids is 1. The molecular weight excluding hydrogens is 288 g/mol. The molecule has 1 saturated heterocycles. The number of nitrogens with zero attached hydrogens (tertiary/aromatic N) is 1. The van der Waals surface area contributed by atoms with Crippen molar-refractivity contribution in [1.82, 2.24) is 10.2 Å². The summed E-state index contributed by atoms with van der Waals surface area (Å²) in [6.07, 6.45) is 4.58. The molecule has 23 heavy (non-hydrogen) atoms. The molecule has 1 fully saturated rings. The average molecular weight is 314 g/mol. The zero-order valence-electron chi connectivity index (χ0n) is 13.8. The van der Waals surface area contributed by atoms with E-state index in [0.29, 0.717) is 5.92 Å². The number of rotatable bonds is 7. The van der Waals surface area contributed by atoms with Crippen LogP contribution < -0.4 is 5.32 Å². The van der Waals surface area contributed by atoms with Crippen molar-refractivity contribution in [2.45, 2.75) is 13.3 Å². The minimum absolute atomic E-state index is 0.229. The maximum absolute atomic E-state index is 11.8. The lowest BCUT2D eigenvalue weighted by atomic mass is 10.1. The standard InChI is InChI=1S/C19H26N2O2/c1-3-11-23-19(22)21-10-9-18(15-21)14-20-13-16(2)12-17-7-5-4-6-8-17/h3-8,12,18,20H,1,9-11,13-15H2,2H3. The smallest absolute Gasteiger partial charge is 0.410 e. The van der Waals surface area contributed by atoms with Gasteiger partial charge in [0.15, 0.2) is 0 Å². The van der Waals surface area contributed by atoms with Gasteiger partial charge in [-0.1, -0.05) is 54.6 Å². The first-order chi connectivity index (χ1) is 11.2. The lowest BCUT2D eigenvalue weighted by molar-refractivity contribution is 0.120. The van der Waals surface area contributed by atoms with Crippen molar-refractivity contribution in [3.8, 4) is 0 Å². The second kappa shape index (κ2) is 9.16. The average Bonchev–Trinajstić information content (AvgIpc) is 3.02. The Balaban J connectivity index is 1.68. The van der Waals surface area contributed by atoms with Gasteiger partial charge in [0.1, 0.15) is 6.61 Å². The second-order valence-electron chi connectivity index (χ2n) is 6.00. The fourth-order valence-electron chi connectivity index (χ4n) is 2.74. The molecule has 1 heterocycles. The minimum atomic E-state index is -0.229. The Hall–Kier alpha value is -2.07. The van der Waals surface area contributed by atoms with E-state index in [-0.39, 0.29) is 12.7 Å². The normalized spacial score (nSPS) is 18.0. The fourth-order valence-corrected chi connectivity index (χ4v) is 2.74. The number of hydrogen-bond acceptors (Lipinski definition) is 3. The quantitative estimate of drug-likeness (QED) is 0.785. The van der Waals surface area contributed by atoms with Crippen LogP contribution in [0.2, 0.25) is 0 Å². The van der Waals surface area contributed by atoms with Gasteiger partial charge in [-0.15, -0.1) is 0 Å². The highest BCUT2D eigenvalue weighted by Gasteiger charge is 2.26. The van der Waals surface area contributed by atoms with E-state index in [0.717, 1.165) is 32.6 Å². The summed E-state index contributed by atoms with van der Waals surface area (Å²) in [5.41, 5.74) is 2.53. The van der Waals surface area contributed by atoms with E-state index in [9.17, 15) is 4.79 Å². The third kappa shape index (κ3) is 5.91. The van der Waals surface area contributed by atoms with Crippen molar-refractivity contribution in [1.29, 1.82) is 0 Å². The lowest BCUT2D eigenvalue weighted by Crippen LogP contribution is -2.31. The van der Waals surface area contributed by atoms with Crippen LogP contribution in [0, 0.1) is 5.92 Å². The van der Waals surface area contributed by atoms with Crippen molar-refractivity contribution in [3.05, 3.63) is 54.1 Å². The van der Waals surface area contributed by atoms with Gasteiger partial charge < -0.3 is 15.0 Å². The fraction of sp³-hybridized carbons (Fsp3) is 0.421. The van der Waals surface area contributed by atoms with Gasteiger partial charge in [0.2, 0.25) is 0 Å². The summed E-state index contributed by atoms with van der Waals surface area (Å²) in [7, 11) is 0. The Kier molecular flexibility index (Phi) is 6.88. The molecule has 1 aromatic rings. The second-order valence-corrected chi connectivity index (χ2v) is 6.00. The van der Waals surface area contributed by atoms with E-state index in [4.69, 9.17) is 4.74 Å². The lowest BCUT2D eigenvalue weighted by Gasteiger charge is -2.16. The largest absolute Gasteiger partial charge is 0.445 e. The van der Waals surface area contributed by atoms with Crippen LogP contribution in [0.1, 0.15) is 18.9 Å². The number of carbonyl (C=O) groups is 1. The maximum atomic E-state index is 11.8. The van der Waals surface area contributed by atoms with E-state index < -0.39 is 0 Å². The van der Waals surface area contributed by atoms with Crippen LogP contribution in [0.4, 0.5) is 4.79 Å². The van der Waals surface area contributed by atoms with E-state index in [1.165, 1.54) is 11.1 Å². The van der Waals surface area contributed by atoms with E-state index in [1.807, 2.05) is 18.2 Å². The van der Waals surface area contributed by atoms with Crippen molar-refractivity contribution >= 4 is 12.2 Å².